The first-order valence-corrected chi connectivity index (χ1v) is 10.3. The Morgan fingerprint density at radius 3 is 2.64 bits per heavy atom. The summed E-state index contributed by atoms with van der Waals surface area (Å²) in [4.78, 5) is 37.7. The van der Waals surface area contributed by atoms with Crippen molar-refractivity contribution < 1.29 is 14.3 Å². The van der Waals surface area contributed by atoms with Crippen LogP contribution in [0.4, 0.5) is 5.82 Å². The van der Waals surface area contributed by atoms with Crippen LogP contribution in [0.3, 0.4) is 0 Å². The minimum absolute atomic E-state index is 0.126. The summed E-state index contributed by atoms with van der Waals surface area (Å²) in [7, 11) is 0. The summed E-state index contributed by atoms with van der Waals surface area (Å²) in [5.74, 6) is 0.912. The zero-order valence-corrected chi connectivity index (χ0v) is 16.5. The monoisotopic (exact) mass is 387 g/mol. The molecule has 0 bridgehead atoms. The number of anilines is 1. The third-order valence-electron chi connectivity index (χ3n) is 6.10. The summed E-state index contributed by atoms with van der Waals surface area (Å²) in [6.07, 6.45) is 5.46. The van der Waals surface area contributed by atoms with Crippen LogP contribution in [0.25, 0.3) is 0 Å². The number of piperidine rings is 1. The lowest BCUT2D eigenvalue weighted by atomic mass is 10.0. The lowest BCUT2D eigenvalue weighted by Crippen LogP contribution is -2.46. The maximum Gasteiger partial charge on any atom is 0.227 e. The summed E-state index contributed by atoms with van der Waals surface area (Å²) in [5.41, 5.74) is 0.935. The summed E-state index contributed by atoms with van der Waals surface area (Å²) in [5, 5.41) is 3.44. The van der Waals surface area contributed by atoms with Crippen molar-refractivity contribution in [2.45, 2.75) is 51.1 Å². The summed E-state index contributed by atoms with van der Waals surface area (Å²) < 4.78 is 5.40. The Labute approximate surface area is 165 Å². The fraction of sp³-hybridized carbons (Fsp3) is 0.700. The first-order chi connectivity index (χ1) is 13.6. The van der Waals surface area contributed by atoms with E-state index >= 15 is 0 Å². The Morgan fingerprint density at radius 2 is 1.93 bits per heavy atom. The maximum absolute atomic E-state index is 13.0. The van der Waals surface area contributed by atoms with E-state index < -0.39 is 0 Å². The molecule has 1 N–H and O–H groups in total. The third kappa shape index (κ3) is 4.27. The van der Waals surface area contributed by atoms with Crippen LogP contribution in [-0.2, 0) is 14.3 Å². The molecule has 8 nitrogen and oxygen atoms in total. The van der Waals surface area contributed by atoms with Gasteiger partial charge in [0.15, 0.2) is 0 Å². The number of nitrogens with zero attached hydrogens (tertiary/aromatic N) is 4. The second-order valence-electron chi connectivity index (χ2n) is 8.08. The summed E-state index contributed by atoms with van der Waals surface area (Å²) >= 11 is 0. The molecule has 3 fully saturated rings. The van der Waals surface area contributed by atoms with E-state index in [9.17, 15) is 9.59 Å². The van der Waals surface area contributed by atoms with Crippen LogP contribution in [0.2, 0.25) is 0 Å². The van der Waals surface area contributed by atoms with Crippen molar-refractivity contribution in [1.82, 2.24) is 19.8 Å². The Kier molecular flexibility index (Phi) is 5.75. The van der Waals surface area contributed by atoms with Gasteiger partial charge in [-0.2, -0.15) is 0 Å². The minimum atomic E-state index is -0.190. The molecule has 1 aromatic rings. The first-order valence-electron chi connectivity index (χ1n) is 10.3. The van der Waals surface area contributed by atoms with Crippen molar-refractivity contribution in [3.8, 4) is 0 Å². The van der Waals surface area contributed by atoms with Crippen LogP contribution in [0.15, 0.2) is 12.4 Å². The molecule has 3 aliphatic heterocycles. The van der Waals surface area contributed by atoms with E-state index in [2.05, 4.69) is 15.3 Å². The Bertz CT molecular complexity index is 714. The molecule has 8 heteroatoms. The highest BCUT2D eigenvalue weighted by Crippen LogP contribution is 2.27. The van der Waals surface area contributed by atoms with Gasteiger partial charge in [-0.05, 0) is 32.6 Å². The number of carbonyl (C=O) groups is 2. The van der Waals surface area contributed by atoms with Crippen molar-refractivity contribution in [3.05, 3.63) is 18.1 Å². The Balaban J connectivity index is 1.27. The first kappa shape index (κ1) is 19.1. The second-order valence-corrected chi connectivity index (χ2v) is 8.08. The molecule has 0 spiro atoms. The van der Waals surface area contributed by atoms with Crippen LogP contribution < -0.4 is 5.32 Å². The number of hydrogen-bond acceptors (Lipinski definition) is 6. The van der Waals surface area contributed by atoms with Crippen molar-refractivity contribution in [3.63, 3.8) is 0 Å². The average Bonchev–Trinajstić information content (AvgIpc) is 3.10. The molecule has 0 saturated carbocycles. The van der Waals surface area contributed by atoms with Crippen LogP contribution >= 0.6 is 0 Å². The van der Waals surface area contributed by atoms with E-state index in [1.807, 2.05) is 22.8 Å². The van der Waals surface area contributed by atoms with Crippen LogP contribution in [0.5, 0.6) is 0 Å². The van der Waals surface area contributed by atoms with E-state index in [4.69, 9.17) is 4.74 Å². The van der Waals surface area contributed by atoms with Gasteiger partial charge in [0.2, 0.25) is 11.8 Å². The predicted octanol–water partition coefficient (Wildman–Crippen LogP) is 1.22. The molecule has 2 amide bonds. The summed E-state index contributed by atoms with van der Waals surface area (Å²) in [6.45, 7) is 5.38. The standard InChI is InChI=1S/C20H29N5O3/c1-14-10-18(22-13-21-14)23-16-2-6-24(7-3-16)20(27)15-11-19(26)25(12-15)17-4-8-28-9-5-17/h10,13,15-17H,2-9,11-12H2,1H3,(H,21,22,23). The number of ether oxygens (including phenoxy) is 1. The third-order valence-corrected chi connectivity index (χ3v) is 6.10. The maximum atomic E-state index is 13.0. The highest BCUT2D eigenvalue weighted by Gasteiger charge is 2.40. The summed E-state index contributed by atoms with van der Waals surface area (Å²) in [6, 6.07) is 2.49. The van der Waals surface area contributed by atoms with Gasteiger partial charge in [0.05, 0.1) is 5.92 Å². The number of amides is 2. The molecule has 28 heavy (non-hydrogen) atoms. The van der Waals surface area contributed by atoms with Gasteiger partial charge in [-0.1, -0.05) is 0 Å². The average molecular weight is 387 g/mol. The predicted molar refractivity (Wildman–Crippen MR) is 104 cm³/mol. The van der Waals surface area contributed by atoms with Gasteiger partial charge in [0, 0.05) is 63.1 Å². The molecular weight excluding hydrogens is 358 g/mol. The Morgan fingerprint density at radius 1 is 1.18 bits per heavy atom. The number of likely N-dealkylation sites (tertiary alicyclic amines) is 2. The molecule has 4 rings (SSSR count). The molecule has 3 saturated heterocycles. The molecule has 1 aromatic heterocycles. The molecule has 1 unspecified atom stereocenters. The van der Waals surface area contributed by atoms with E-state index in [-0.39, 0.29) is 23.8 Å². The molecule has 1 atom stereocenters. The molecule has 3 aliphatic rings. The van der Waals surface area contributed by atoms with Gasteiger partial charge in [0.25, 0.3) is 0 Å². The van der Waals surface area contributed by atoms with Crippen LogP contribution in [0, 0.1) is 12.8 Å². The van der Waals surface area contributed by atoms with Crippen molar-refractivity contribution in [1.29, 1.82) is 0 Å². The van der Waals surface area contributed by atoms with Gasteiger partial charge >= 0.3 is 0 Å². The minimum Gasteiger partial charge on any atom is -0.381 e. The Hall–Kier alpha value is -2.22. The normalized spacial score (nSPS) is 24.6. The number of aromatic nitrogens is 2. The SMILES string of the molecule is Cc1cc(NC2CCN(C(=O)C3CC(=O)N(C4CCOCC4)C3)CC2)ncn1. The van der Waals surface area contributed by atoms with Crippen molar-refractivity contribution >= 4 is 17.6 Å². The number of rotatable bonds is 4. The zero-order valence-electron chi connectivity index (χ0n) is 16.5. The van der Waals surface area contributed by atoms with Crippen molar-refractivity contribution in [2.24, 2.45) is 5.92 Å². The molecule has 4 heterocycles. The lowest BCUT2D eigenvalue weighted by molar-refractivity contribution is -0.136. The van der Waals surface area contributed by atoms with Gasteiger partial charge in [-0.15, -0.1) is 0 Å². The van der Waals surface area contributed by atoms with Crippen LogP contribution in [-0.4, -0.2) is 76.5 Å². The molecule has 0 aromatic carbocycles. The molecular formula is C20H29N5O3. The number of carbonyl (C=O) groups excluding carboxylic acids is 2. The van der Waals surface area contributed by atoms with Gasteiger partial charge < -0.3 is 19.9 Å². The lowest BCUT2D eigenvalue weighted by Gasteiger charge is -2.34. The molecule has 0 radical (unpaired) electrons. The number of aryl methyl sites for hydroxylation is 1. The van der Waals surface area contributed by atoms with E-state index in [1.54, 1.807) is 6.33 Å². The van der Waals surface area contributed by atoms with E-state index in [0.29, 0.717) is 32.2 Å². The molecule has 152 valence electrons. The highest BCUT2D eigenvalue weighted by atomic mass is 16.5. The number of nitrogens with one attached hydrogen (secondary N) is 1. The zero-order chi connectivity index (χ0) is 19.5. The number of hydrogen-bond donors (Lipinski definition) is 1. The van der Waals surface area contributed by atoms with Crippen LogP contribution in [0.1, 0.15) is 37.8 Å². The van der Waals surface area contributed by atoms with E-state index in [0.717, 1.165) is 50.3 Å². The largest absolute Gasteiger partial charge is 0.381 e. The van der Waals surface area contributed by atoms with Gasteiger partial charge in [-0.3, -0.25) is 9.59 Å². The fourth-order valence-electron chi connectivity index (χ4n) is 4.49. The molecule has 0 aliphatic carbocycles. The topological polar surface area (TPSA) is 87.7 Å². The fourth-order valence-corrected chi connectivity index (χ4v) is 4.49. The smallest absolute Gasteiger partial charge is 0.227 e. The van der Waals surface area contributed by atoms with Gasteiger partial charge in [0.1, 0.15) is 12.1 Å². The second kappa shape index (κ2) is 8.43. The van der Waals surface area contributed by atoms with E-state index in [1.165, 1.54) is 0 Å². The quantitative estimate of drug-likeness (QED) is 0.836. The van der Waals surface area contributed by atoms with Gasteiger partial charge in [-0.25, -0.2) is 9.97 Å². The highest BCUT2D eigenvalue weighted by molar-refractivity contribution is 5.89. The van der Waals surface area contributed by atoms with Crippen molar-refractivity contribution in [2.75, 3.05) is 38.2 Å².